The molecular weight excluding hydrogens is 182 g/mol. The topological polar surface area (TPSA) is 76.4 Å². The Labute approximate surface area is 83.4 Å². The van der Waals surface area contributed by atoms with Crippen LogP contribution < -0.4 is 16.4 Å². The lowest BCUT2D eigenvalue weighted by atomic mass is 9.90. The predicted octanol–water partition coefficient (Wildman–Crippen LogP) is -1.42. The minimum absolute atomic E-state index is 0.0210. The highest BCUT2D eigenvalue weighted by atomic mass is 16.5. The standard InChI is InChI=1S/C9H17N3O2/c10-9(1-3-14-4-2-9)8(13)12-7-5-11-6-7/h7,11H,1-6,10H2,(H,12,13). The van der Waals surface area contributed by atoms with E-state index in [2.05, 4.69) is 10.6 Å². The summed E-state index contributed by atoms with van der Waals surface area (Å²) < 4.78 is 5.19. The van der Waals surface area contributed by atoms with Crippen molar-refractivity contribution < 1.29 is 9.53 Å². The molecule has 2 saturated heterocycles. The lowest BCUT2D eigenvalue weighted by molar-refractivity contribution is -0.130. The molecule has 80 valence electrons. The van der Waals surface area contributed by atoms with E-state index in [1.807, 2.05) is 0 Å². The molecule has 2 fully saturated rings. The summed E-state index contributed by atoms with van der Waals surface area (Å²) in [7, 11) is 0. The molecule has 4 N–H and O–H groups in total. The first-order valence-corrected chi connectivity index (χ1v) is 5.09. The second-order valence-electron chi connectivity index (χ2n) is 4.10. The Hall–Kier alpha value is -0.650. The van der Waals surface area contributed by atoms with Crippen molar-refractivity contribution >= 4 is 5.91 Å². The molecule has 5 nitrogen and oxygen atoms in total. The molecule has 0 aromatic carbocycles. The Morgan fingerprint density at radius 3 is 2.57 bits per heavy atom. The van der Waals surface area contributed by atoms with Crippen LogP contribution in [-0.2, 0) is 9.53 Å². The van der Waals surface area contributed by atoms with Crippen molar-refractivity contribution in [3.8, 4) is 0 Å². The molecule has 0 saturated carbocycles. The average Bonchev–Trinajstić information content (AvgIpc) is 2.12. The van der Waals surface area contributed by atoms with Crippen molar-refractivity contribution in [1.82, 2.24) is 10.6 Å². The summed E-state index contributed by atoms with van der Waals surface area (Å²) in [6, 6.07) is 0.269. The molecular formula is C9H17N3O2. The third-order valence-corrected chi connectivity index (χ3v) is 2.95. The van der Waals surface area contributed by atoms with Crippen LogP contribution in [0.5, 0.6) is 0 Å². The fourth-order valence-electron chi connectivity index (χ4n) is 1.68. The molecule has 0 atom stereocenters. The van der Waals surface area contributed by atoms with Crippen molar-refractivity contribution in [1.29, 1.82) is 0 Å². The predicted molar refractivity (Wildman–Crippen MR) is 51.8 cm³/mol. The second-order valence-corrected chi connectivity index (χ2v) is 4.10. The van der Waals surface area contributed by atoms with Crippen LogP contribution in [0, 0.1) is 0 Å². The van der Waals surface area contributed by atoms with E-state index in [9.17, 15) is 4.79 Å². The first-order chi connectivity index (χ1) is 6.71. The minimum atomic E-state index is -0.701. The van der Waals surface area contributed by atoms with Crippen molar-refractivity contribution in [2.45, 2.75) is 24.4 Å². The van der Waals surface area contributed by atoms with E-state index in [-0.39, 0.29) is 11.9 Å². The summed E-state index contributed by atoms with van der Waals surface area (Å²) in [6.45, 7) is 2.90. The van der Waals surface area contributed by atoms with Gasteiger partial charge in [-0.1, -0.05) is 0 Å². The van der Waals surface area contributed by atoms with Gasteiger partial charge in [0.25, 0.3) is 0 Å². The highest BCUT2D eigenvalue weighted by molar-refractivity contribution is 5.86. The van der Waals surface area contributed by atoms with Crippen LogP contribution in [0.25, 0.3) is 0 Å². The Balaban J connectivity index is 1.87. The van der Waals surface area contributed by atoms with Gasteiger partial charge >= 0.3 is 0 Å². The van der Waals surface area contributed by atoms with Gasteiger partial charge in [0, 0.05) is 26.3 Å². The van der Waals surface area contributed by atoms with E-state index < -0.39 is 5.54 Å². The molecule has 0 radical (unpaired) electrons. The number of carbonyl (C=O) groups excluding carboxylic acids is 1. The lowest BCUT2D eigenvalue weighted by Crippen LogP contribution is -2.64. The zero-order valence-electron chi connectivity index (χ0n) is 8.21. The van der Waals surface area contributed by atoms with Gasteiger partial charge in [-0.15, -0.1) is 0 Å². The second kappa shape index (κ2) is 3.84. The molecule has 2 heterocycles. The van der Waals surface area contributed by atoms with Crippen molar-refractivity contribution in [3.63, 3.8) is 0 Å². The fraction of sp³-hybridized carbons (Fsp3) is 0.889. The van der Waals surface area contributed by atoms with Crippen molar-refractivity contribution in [2.75, 3.05) is 26.3 Å². The van der Waals surface area contributed by atoms with E-state index in [1.54, 1.807) is 0 Å². The van der Waals surface area contributed by atoms with Crippen LogP contribution in [0.1, 0.15) is 12.8 Å². The molecule has 0 aromatic rings. The van der Waals surface area contributed by atoms with Crippen LogP contribution >= 0.6 is 0 Å². The zero-order valence-corrected chi connectivity index (χ0v) is 8.21. The molecule has 5 heteroatoms. The Morgan fingerprint density at radius 2 is 2.07 bits per heavy atom. The van der Waals surface area contributed by atoms with Gasteiger partial charge in [-0.25, -0.2) is 0 Å². The van der Waals surface area contributed by atoms with Crippen LogP contribution in [0.15, 0.2) is 0 Å². The highest BCUT2D eigenvalue weighted by Crippen LogP contribution is 2.18. The fourth-order valence-corrected chi connectivity index (χ4v) is 1.68. The number of hydrogen-bond donors (Lipinski definition) is 3. The number of nitrogens with one attached hydrogen (secondary N) is 2. The van der Waals surface area contributed by atoms with Crippen LogP contribution in [0.2, 0.25) is 0 Å². The first kappa shape index (κ1) is 9.89. The summed E-state index contributed by atoms with van der Waals surface area (Å²) in [6.07, 6.45) is 1.25. The maximum absolute atomic E-state index is 11.8. The maximum Gasteiger partial charge on any atom is 0.240 e. The van der Waals surface area contributed by atoms with Gasteiger partial charge < -0.3 is 21.1 Å². The normalized spacial score (nSPS) is 26.6. The van der Waals surface area contributed by atoms with E-state index >= 15 is 0 Å². The monoisotopic (exact) mass is 199 g/mol. The molecule has 2 rings (SSSR count). The minimum Gasteiger partial charge on any atom is -0.381 e. The maximum atomic E-state index is 11.8. The molecule has 0 unspecified atom stereocenters. The molecule has 0 aliphatic carbocycles. The zero-order chi connectivity index (χ0) is 10.0. The van der Waals surface area contributed by atoms with Crippen LogP contribution in [0.3, 0.4) is 0 Å². The third kappa shape index (κ3) is 1.89. The van der Waals surface area contributed by atoms with Gasteiger partial charge in [0.1, 0.15) is 0 Å². The van der Waals surface area contributed by atoms with Crippen molar-refractivity contribution in [2.24, 2.45) is 5.73 Å². The lowest BCUT2D eigenvalue weighted by Gasteiger charge is -2.36. The number of rotatable bonds is 2. The molecule has 2 aliphatic heterocycles. The van der Waals surface area contributed by atoms with Crippen molar-refractivity contribution in [3.05, 3.63) is 0 Å². The summed E-state index contributed by atoms with van der Waals surface area (Å²) in [5, 5.41) is 6.05. The molecule has 14 heavy (non-hydrogen) atoms. The number of amides is 1. The van der Waals surface area contributed by atoms with Gasteiger partial charge in [0.05, 0.1) is 11.6 Å². The number of hydrogen-bond acceptors (Lipinski definition) is 4. The smallest absolute Gasteiger partial charge is 0.240 e. The number of carbonyl (C=O) groups is 1. The quantitative estimate of drug-likeness (QED) is 0.510. The van der Waals surface area contributed by atoms with E-state index in [4.69, 9.17) is 10.5 Å². The van der Waals surface area contributed by atoms with Gasteiger partial charge in [-0.05, 0) is 12.8 Å². The summed E-state index contributed by atoms with van der Waals surface area (Å²) in [5.74, 6) is -0.0210. The summed E-state index contributed by atoms with van der Waals surface area (Å²) in [5.41, 5.74) is 5.32. The highest BCUT2D eigenvalue weighted by Gasteiger charge is 2.37. The molecule has 0 aromatic heterocycles. The Bertz CT molecular complexity index is 222. The number of nitrogens with two attached hydrogens (primary N) is 1. The van der Waals surface area contributed by atoms with Gasteiger partial charge in [0.15, 0.2) is 0 Å². The Kier molecular flexibility index (Phi) is 2.71. The van der Waals surface area contributed by atoms with Gasteiger partial charge in [-0.3, -0.25) is 4.79 Å². The molecule has 0 spiro atoms. The molecule has 2 aliphatic rings. The summed E-state index contributed by atoms with van der Waals surface area (Å²) >= 11 is 0. The van der Waals surface area contributed by atoms with E-state index in [1.165, 1.54) is 0 Å². The summed E-state index contributed by atoms with van der Waals surface area (Å²) in [4.78, 5) is 11.8. The van der Waals surface area contributed by atoms with Crippen LogP contribution in [0.4, 0.5) is 0 Å². The van der Waals surface area contributed by atoms with Gasteiger partial charge in [-0.2, -0.15) is 0 Å². The number of ether oxygens (including phenoxy) is 1. The SMILES string of the molecule is NC1(C(=O)NC2CNC2)CCOCC1. The largest absolute Gasteiger partial charge is 0.381 e. The van der Waals surface area contributed by atoms with E-state index in [0.29, 0.717) is 26.1 Å². The molecule has 0 bridgehead atoms. The van der Waals surface area contributed by atoms with Crippen LogP contribution in [-0.4, -0.2) is 43.8 Å². The first-order valence-electron chi connectivity index (χ1n) is 5.09. The molecule has 1 amide bonds. The van der Waals surface area contributed by atoms with Gasteiger partial charge in [0.2, 0.25) is 5.91 Å². The Morgan fingerprint density at radius 1 is 1.43 bits per heavy atom. The average molecular weight is 199 g/mol. The van der Waals surface area contributed by atoms with E-state index in [0.717, 1.165) is 13.1 Å². The third-order valence-electron chi connectivity index (χ3n) is 2.95.